The van der Waals surface area contributed by atoms with Gasteiger partial charge in [0.05, 0.1) is 7.11 Å². The molecule has 0 aromatic heterocycles. The van der Waals surface area contributed by atoms with Gasteiger partial charge in [-0.1, -0.05) is 12.1 Å². The number of ether oxygens (including phenoxy) is 2. The normalized spacial score (nSPS) is 9.38. The van der Waals surface area contributed by atoms with E-state index in [9.17, 15) is 14.4 Å². The molecule has 0 fully saturated rings. The van der Waals surface area contributed by atoms with Gasteiger partial charge in [-0.25, -0.2) is 4.79 Å². The molecular formula is C11H10O5. The van der Waals surface area contributed by atoms with Crippen LogP contribution in [0.1, 0.15) is 17.3 Å². The van der Waals surface area contributed by atoms with Crippen molar-refractivity contribution in [3.05, 3.63) is 29.8 Å². The Morgan fingerprint density at radius 1 is 1.19 bits per heavy atom. The summed E-state index contributed by atoms with van der Waals surface area (Å²) in [6.07, 6.45) is 0. The third kappa shape index (κ3) is 2.91. The monoisotopic (exact) mass is 222 g/mol. The maximum atomic E-state index is 11.4. The Balaban J connectivity index is 2.94. The van der Waals surface area contributed by atoms with Gasteiger partial charge in [-0.3, -0.25) is 9.59 Å². The third-order valence-corrected chi connectivity index (χ3v) is 1.73. The molecular weight excluding hydrogens is 212 g/mol. The Hall–Kier alpha value is -2.17. The van der Waals surface area contributed by atoms with Crippen LogP contribution in [0, 0.1) is 0 Å². The Morgan fingerprint density at radius 2 is 1.88 bits per heavy atom. The van der Waals surface area contributed by atoms with Crippen LogP contribution in [-0.4, -0.2) is 24.8 Å². The molecule has 0 bridgehead atoms. The zero-order valence-corrected chi connectivity index (χ0v) is 8.85. The predicted molar refractivity (Wildman–Crippen MR) is 54.1 cm³/mol. The number of benzene rings is 1. The van der Waals surface area contributed by atoms with Crippen molar-refractivity contribution in [2.75, 3.05) is 7.11 Å². The standard InChI is InChI=1S/C11H10O5/c1-7(12)16-9-5-3-4-8(6-9)10(13)11(14)15-2/h3-6H,1-2H3. The summed E-state index contributed by atoms with van der Waals surface area (Å²) >= 11 is 0. The fraction of sp³-hybridized carbons (Fsp3) is 0.182. The van der Waals surface area contributed by atoms with Crippen LogP contribution >= 0.6 is 0 Å². The fourth-order valence-electron chi connectivity index (χ4n) is 1.08. The van der Waals surface area contributed by atoms with Crippen LogP contribution in [0.2, 0.25) is 0 Å². The smallest absolute Gasteiger partial charge is 0.379 e. The minimum Gasteiger partial charge on any atom is -0.463 e. The van der Waals surface area contributed by atoms with Crippen molar-refractivity contribution in [2.45, 2.75) is 6.92 Å². The first-order valence-electron chi connectivity index (χ1n) is 4.45. The highest BCUT2D eigenvalue weighted by Crippen LogP contribution is 2.14. The van der Waals surface area contributed by atoms with E-state index in [0.717, 1.165) is 7.11 Å². The number of hydrogen-bond donors (Lipinski definition) is 0. The Morgan fingerprint density at radius 3 is 2.44 bits per heavy atom. The lowest BCUT2D eigenvalue weighted by Crippen LogP contribution is -2.15. The molecule has 1 aromatic rings. The third-order valence-electron chi connectivity index (χ3n) is 1.73. The van der Waals surface area contributed by atoms with Crippen LogP contribution in [-0.2, 0) is 14.3 Å². The maximum Gasteiger partial charge on any atom is 0.379 e. The summed E-state index contributed by atoms with van der Waals surface area (Å²) in [4.78, 5) is 33.1. The summed E-state index contributed by atoms with van der Waals surface area (Å²) < 4.78 is 9.07. The van der Waals surface area contributed by atoms with E-state index in [4.69, 9.17) is 4.74 Å². The molecule has 0 aliphatic heterocycles. The molecule has 0 saturated heterocycles. The van der Waals surface area contributed by atoms with E-state index in [1.54, 1.807) is 0 Å². The second-order valence-corrected chi connectivity index (χ2v) is 2.94. The van der Waals surface area contributed by atoms with Crippen molar-refractivity contribution >= 4 is 17.7 Å². The van der Waals surface area contributed by atoms with Crippen LogP contribution in [0.15, 0.2) is 24.3 Å². The topological polar surface area (TPSA) is 69.7 Å². The van der Waals surface area contributed by atoms with Gasteiger partial charge >= 0.3 is 11.9 Å². The molecule has 0 aliphatic rings. The molecule has 84 valence electrons. The van der Waals surface area contributed by atoms with Gasteiger partial charge < -0.3 is 9.47 Å². The number of methoxy groups -OCH3 is 1. The van der Waals surface area contributed by atoms with Gasteiger partial charge in [0.2, 0.25) is 0 Å². The Labute approximate surface area is 92.0 Å². The molecule has 5 heteroatoms. The molecule has 1 aromatic carbocycles. The molecule has 0 heterocycles. The highest BCUT2D eigenvalue weighted by Gasteiger charge is 2.17. The summed E-state index contributed by atoms with van der Waals surface area (Å²) in [7, 11) is 1.12. The molecule has 1 rings (SSSR count). The lowest BCUT2D eigenvalue weighted by atomic mass is 10.1. The van der Waals surface area contributed by atoms with Crippen LogP contribution in [0.25, 0.3) is 0 Å². The molecule has 0 amide bonds. The maximum absolute atomic E-state index is 11.4. The van der Waals surface area contributed by atoms with Gasteiger partial charge in [-0.2, -0.15) is 0 Å². The SMILES string of the molecule is COC(=O)C(=O)c1cccc(OC(C)=O)c1. The van der Waals surface area contributed by atoms with Crippen molar-refractivity contribution in [1.82, 2.24) is 0 Å². The predicted octanol–water partition coefficient (Wildman–Crippen LogP) is 0.968. The van der Waals surface area contributed by atoms with Crippen LogP contribution < -0.4 is 4.74 Å². The number of rotatable bonds is 3. The van der Waals surface area contributed by atoms with Crippen molar-refractivity contribution in [1.29, 1.82) is 0 Å². The molecule has 0 atom stereocenters. The quantitative estimate of drug-likeness (QED) is 0.330. The Bertz CT molecular complexity index is 436. The second kappa shape index (κ2) is 5.06. The van der Waals surface area contributed by atoms with Crippen molar-refractivity contribution < 1.29 is 23.9 Å². The molecule has 0 radical (unpaired) electrons. The molecule has 0 saturated carbocycles. The largest absolute Gasteiger partial charge is 0.463 e. The Kier molecular flexibility index (Phi) is 3.77. The lowest BCUT2D eigenvalue weighted by molar-refractivity contribution is -0.135. The van der Waals surface area contributed by atoms with Gasteiger partial charge in [-0.05, 0) is 12.1 Å². The van der Waals surface area contributed by atoms with Crippen molar-refractivity contribution in [2.24, 2.45) is 0 Å². The van der Waals surface area contributed by atoms with E-state index in [1.807, 2.05) is 0 Å². The highest BCUT2D eigenvalue weighted by molar-refractivity contribution is 6.40. The zero-order chi connectivity index (χ0) is 12.1. The van der Waals surface area contributed by atoms with Crippen LogP contribution in [0.3, 0.4) is 0 Å². The number of Topliss-reactive ketones (excluding diaryl/α,β-unsaturated/α-hetero) is 1. The number of esters is 2. The van der Waals surface area contributed by atoms with E-state index >= 15 is 0 Å². The molecule has 0 aliphatic carbocycles. The number of carbonyl (C=O) groups excluding carboxylic acids is 3. The molecule has 0 N–H and O–H groups in total. The number of hydrogen-bond acceptors (Lipinski definition) is 5. The van der Waals surface area contributed by atoms with Crippen molar-refractivity contribution in [3.8, 4) is 5.75 Å². The molecule has 0 unspecified atom stereocenters. The minimum absolute atomic E-state index is 0.116. The molecule has 5 nitrogen and oxygen atoms in total. The van der Waals surface area contributed by atoms with E-state index in [1.165, 1.54) is 31.2 Å². The summed E-state index contributed by atoms with van der Waals surface area (Å²) in [5.74, 6) is -2.03. The fourth-order valence-corrected chi connectivity index (χ4v) is 1.08. The van der Waals surface area contributed by atoms with Crippen LogP contribution in [0.4, 0.5) is 0 Å². The average Bonchev–Trinajstić information content (AvgIpc) is 2.26. The summed E-state index contributed by atoms with van der Waals surface area (Å²) in [6, 6.07) is 5.76. The summed E-state index contributed by atoms with van der Waals surface area (Å²) in [5.41, 5.74) is 0.116. The first-order valence-corrected chi connectivity index (χ1v) is 4.45. The first-order chi connectivity index (χ1) is 7.54. The summed E-state index contributed by atoms with van der Waals surface area (Å²) in [5, 5.41) is 0. The van der Waals surface area contributed by atoms with E-state index in [-0.39, 0.29) is 11.3 Å². The average molecular weight is 222 g/mol. The summed E-state index contributed by atoms with van der Waals surface area (Å²) in [6.45, 7) is 1.24. The molecule has 16 heavy (non-hydrogen) atoms. The van der Waals surface area contributed by atoms with E-state index in [2.05, 4.69) is 4.74 Å². The van der Waals surface area contributed by atoms with Gasteiger partial charge in [0.25, 0.3) is 5.78 Å². The number of carbonyl (C=O) groups is 3. The van der Waals surface area contributed by atoms with Gasteiger partial charge in [-0.15, -0.1) is 0 Å². The van der Waals surface area contributed by atoms with Gasteiger partial charge in [0, 0.05) is 12.5 Å². The number of ketones is 1. The lowest BCUT2D eigenvalue weighted by Gasteiger charge is -2.03. The highest BCUT2D eigenvalue weighted by atomic mass is 16.5. The van der Waals surface area contributed by atoms with Crippen LogP contribution in [0.5, 0.6) is 5.75 Å². The molecule has 0 spiro atoms. The van der Waals surface area contributed by atoms with Gasteiger partial charge in [0.1, 0.15) is 5.75 Å². The van der Waals surface area contributed by atoms with Gasteiger partial charge in [0.15, 0.2) is 0 Å². The first kappa shape index (κ1) is 11.9. The van der Waals surface area contributed by atoms with Crippen molar-refractivity contribution in [3.63, 3.8) is 0 Å². The van der Waals surface area contributed by atoms with E-state index in [0.29, 0.717) is 0 Å². The zero-order valence-electron chi connectivity index (χ0n) is 8.85. The second-order valence-electron chi connectivity index (χ2n) is 2.94. The minimum atomic E-state index is -0.958. The van der Waals surface area contributed by atoms with E-state index < -0.39 is 17.7 Å².